The Balaban J connectivity index is 0.000000199. The Morgan fingerprint density at radius 3 is 2.71 bits per heavy atom. The topological polar surface area (TPSA) is 96.8 Å². The van der Waals surface area contributed by atoms with E-state index in [1.54, 1.807) is 17.8 Å². The lowest BCUT2D eigenvalue weighted by Gasteiger charge is -2.31. The number of piperidine rings is 1. The third-order valence-corrected chi connectivity index (χ3v) is 5.69. The molecule has 0 atom stereocenters. The molecule has 1 aromatic carbocycles. The number of benzene rings is 1. The van der Waals surface area contributed by atoms with E-state index in [0.717, 1.165) is 18.4 Å². The van der Waals surface area contributed by atoms with Gasteiger partial charge in [0.15, 0.2) is 5.82 Å². The molecule has 0 radical (unpaired) electrons. The van der Waals surface area contributed by atoms with Crippen LogP contribution in [0, 0.1) is 5.82 Å². The number of amides is 3. The van der Waals surface area contributed by atoms with E-state index in [0.29, 0.717) is 30.8 Å². The Bertz CT molecular complexity index is 1070. The number of anilines is 1. The molecule has 3 heterocycles. The van der Waals surface area contributed by atoms with Gasteiger partial charge in [0, 0.05) is 31.8 Å². The fourth-order valence-electron chi connectivity index (χ4n) is 3.93. The molecule has 4 rings (SSSR count). The molecule has 2 saturated heterocycles. The van der Waals surface area contributed by atoms with E-state index in [2.05, 4.69) is 10.4 Å². The number of carbonyl (C=O) groups is 3. The number of likely N-dealkylation sites (tertiary alicyclic amines) is 1. The van der Waals surface area contributed by atoms with Crippen molar-refractivity contribution in [2.75, 3.05) is 37.7 Å². The number of fused-ring (bicyclic) bond motifs is 1. The summed E-state index contributed by atoms with van der Waals surface area (Å²) in [6.45, 7) is 2.85. The van der Waals surface area contributed by atoms with Gasteiger partial charge in [0.05, 0.1) is 25.2 Å². The number of nitrogens with one attached hydrogen (secondary N) is 1. The Labute approximate surface area is 201 Å². The average molecular weight is 498 g/mol. The molecule has 0 aliphatic carbocycles. The minimum absolute atomic E-state index is 0.0146. The number of hydrogen-bond acceptors (Lipinski definition) is 6. The Hall–Kier alpha value is -3.15. The zero-order valence-corrected chi connectivity index (χ0v) is 19.9. The second kappa shape index (κ2) is 11.5. The number of unbranched alkanes of at least 4 members (excludes halogenated alkanes) is 1. The molecule has 0 spiro atoms. The Kier molecular flexibility index (Phi) is 8.71. The number of halogens is 3. The Morgan fingerprint density at radius 2 is 2.03 bits per heavy atom. The maximum absolute atomic E-state index is 13.3. The summed E-state index contributed by atoms with van der Waals surface area (Å²) in [6.07, 6.45) is 2.35. The molecule has 2 fully saturated rings. The molecule has 35 heavy (non-hydrogen) atoms. The number of alkyl halides is 2. The van der Waals surface area contributed by atoms with Crippen LogP contribution in [0.25, 0.3) is 10.9 Å². The highest BCUT2D eigenvalue weighted by atomic mass is 19.3. The number of carbonyl (C=O) groups excluding carboxylic acids is 3. The molecule has 192 valence electrons. The largest absolute Gasteiger partial charge is 0.465 e. The van der Waals surface area contributed by atoms with Gasteiger partial charge >= 0.3 is 12.0 Å². The molecule has 9 nitrogen and oxygen atoms in total. The van der Waals surface area contributed by atoms with Crippen LogP contribution in [-0.2, 0) is 21.4 Å². The summed E-state index contributed by atoms with van der Waals surface area (Å²) in [5.41, 5.74) is 0.723. The van der Waals surface area contributed by atoms with Crippen molar-refractivity contribution < 1.29 is 32.3 Å². The highest BCUT2D eigenvalue weighted by Crippen LogP contribution is 2.28. The van der Waals surface area contributed by atoms with Crippen molar-refractivity contribution in [1.29, 1.82) is 0 Å². The van der Waals surface area contributed by atoms with Crippen LogP contribution in [0.1, 0.15) is 39.0 Å². The monoisotopic (exact) mass is 497 g/mol. The second-order valence-corrected chi connectivity index (χ2v) is 8.61. The predicted octanol–water partition coefficient (Wildman–Crippen LogP) is 3.22. The van der Waals surface area contributed by atoms with Crippen LogP contribution >= 0.6 is 0 Å². The summed E-state index contributed by atoms with van der Waals surface area (Å²) >= 11 is 0. The van der Waals surface area contributed by atoms with Crippen LogP contribution in [0.5, 0.6) is 0 Å². The van der Waals surface area contributed by atoms with Crippen molar-refractivity contribution in [3.63, 3.8) is 0 Å². The molecular weight excluding hydrogens is 467 g/mol. The van der Waals surface area contributed by atoms with Gasteiger partial charge in [0.25, 0.3) is 5.92 Å². The van der Waals surface area contributed by atoms with Gasteiger partial charge in [-0.1, -0.05) is 13.3 Å². The van der Waals surface area contributed by atoms with Crippen molar-refractivity contribution in [2.24, 2.45) is 7.05 Å². The van der Waals surface area contributed by atoms with Gasteiger partial charge in [0.1, 0.15) is 5.82 Å². The number of aromatic nitrogens is 2. The molecule has 0 saturated carbocycles. The molecule has 3 amide bonds. The number of esters is 1. The SMILES string of the molecule is CCCCOC(=O)CN1CCCC(F)(F)C1.Cn1nc(N2CCC(=O)NC2=O)c2cc(F)ccc21. The molecular formula is C23H30F3N5O4. The predicted molar refractivity (Wildman–Crippen MR) is 123 cm³/mol. The first-order valence-corrected chi connectivity index (χ1v) is 11.6. The normalized spacial score (nSPS) is 18.1. The minimum Gasteiger partial charge on any atom is -0.465 e. The summed E-state index contributed by atoms with van der Waals surface area (Å²) in [5, 5.41) is 7.00. The first-order valence-electron chi connectivity index (χ1n) is 11.6. The quantitative estimate of drug-likeness (QED) is 0.486. The Morgan fingerprint density at radius 1 is 1.26 bits per heavy atom. The standard InChI is InChI=1S/C12H11FN4O2.C11H19F2NO2/c1-16-9-3-2-7(13)6-8(9)11(15-16)17-5-4-10(18)14-12(17)19;1-2-3-7-16-10(15)8-14-6-4-5-11(12,13)9-14/h2-3,6H,4-5H2,1H3,(H,14,18,19);2-9H2,1H3. The summed E-state index contributed by atoms with van der Waals surface area (Å²) in [7, 11) is 1.72. The van der Waals surface area contributed by atoms with Crippen LogP contribution in [-0.4, -0.2) is 71.3 Å². The number of aryl methyl sites for hydroxylation is 1. The van der Waals surface area contributed by atoms with E-state index in [4.69, 9.17) is 4.74 Å². The third kappa shape index (κ3) is 7.17. The zero-order chi connectivity index (χ0) is 25.6. The van der Waals surface area contributed by atoms with Gasteiger partial charge < -0.3 is 4.74 Å². The molecule has 0 unspecified atom stereocenters. The second-order valence-electron chi connectivity index (χ2n) is 8.61. The fourth-order valence-corrected chi connectivity index (χ4v) is 3.93. The lowest BCUT2D eigenvalue weighted by atomic mass is 10.1. The van der Waals surface area contributed by atoms with Crippen molar-refractivity contribution in [3.05, 3.63) is 24.0 Å². The molecule has 1 aromatic heterocycles. The van der Waals surface area contributed by atoms with Crippen molar-refractivity contribution in [1.82, 2.24) is 20.0 Å². The van der Waals surface area contributed by atoms with Crippen LogP contribution in [0.3, 0.4) is 0 Å². The number of nitrogens with zero attached hydrogens (tertiary/aromatic N) is 4. The maximum Gasteiger partial charge on any atom is 0.329 e. The smallest absolute Gasteiger partial charge is 0.329 e. The average Bonchev–Trinajstić information content (AvgIpc) is 3.09. The van der Waals surface area contributed by atoms with E-state index in [-0.39, 0.29) is 38.4 Å². The van der Waals surface area contributed by atoms with Crippen LogP contribution in [0.4, 0.5) is 23.8 Å². The van der Waals surface area contributed by atoms with Crippen molar-refractivity contribution >= 4 is 34.6 Å². The lowest BCUT2D eigenvalue weighted by Crippen LogP contribution is -2.49. The van der Waals surface area contributed by atoms with Gasteiger partial charge in [-0.2, -0.15) is 5.10 Å². The summed E-state index contributed by atoms with van der Waals surface area (Å²) in [4.78, 5) is 37.0. The zero-order valence-electron chi connectivity index (χ0n) is 19.9. The number of imide groups is 1. The van der Waals surface area contributed by atoms with E-state index in [1.807, 2.05) is 6.92 Å². The summed E-state index contributed by atoms with van der Waals surface area (Å²) < 4.78 is 45.9. The number of urea groups is 1. The minimum atomic E-state index is -2.65. The van der Waals surface area contributed by atoms with Gasteiger partial charge in [-0.25, -0.2) is 18.0 Å². The van der Waals surface area contributed by atoms with Gasteiger partial charge in [0.2, 0.25) is 5.91 Å². The fraction of sp³-hybridized carbons (Fsp3) is 0.565. The van der Waals surface area contributed by atoms with Gasteiger partial charge in [-0.15, -0.1) is 0 Å². The van der Waals surface area contributed by atoms with E-state index in [1.165, 1.54) is 21.9 Å². The van der Waals surface area contributed by atoms with Crippen LogP contribution in [0.2, 0.25) is 0 Å². The van der Waals surface area contributed by atoms with E-state index in [9.17, 15) is 27.6 Å². The van der Waals surface area contributed by atoms with Gasteiger partial charge in [-0.3, -0.25) is 29.4 Å². The maximum atomic E-state index is 13.3. The van der Waals surface area contributed by atoms with E-state index >= 15 is 0 Å². The highest BCUT2D eigenvalue weighted by Gasteiger charge is 2.35. The third-order valence-electron chi connectivity index (χ3n) is 5.69. The lowest BCUT2D eigenvalue weighted by molar-refractivity contribution is -0.147. The van der Waals surface area contributed by atoms with E-state index < -0.39 is 23.7 Å². The molecule has 2 aromatic rings. The molecule has 2 aliphatic rings. The van der Waals surface area contributed by atoms with Crippen molar-refractivity contribution in [3.8, 4) is 0 Å². The summed E-state index contributed by atoms with van der Waals surface area (Å²) in [6, 6.07) is 3.75. The summed E-state index contributed by atoms with van der Waals surface area (Å²) in [5.74, 6) is -3.39. The molecule has 1 N–H and O–H groups in total. The molecule has 12 heteroatoms. The highest BCUT2D eigenvalue weighted by molar-refractivity contribution is 6.08. The van der Waals surface area contributed by atoms with Gasteiger partial charge in [-0.05, 0) is 37.6 Å². The molecule has 2 aliphatic heterocycles. The first-order chi connectivity index (χ1) is 16.6. The molecule has 0 bridgehead atoms. The van der Waals surface area contributed by atoms with Crippen LogP contribution < -0.4 is 10.2 Å². The number of hydrogen-bond donors (Lipinski definition) is 1. The van der Waals surface area contributed by atoms with Crippen LogP contribution in [0.15, 0.2) is 18.2 Å². The number of ether oxygens (including phenoxy) is 1. The van der Waals surface area contributed by atoms with Crippen molar-refractivity contribution in [2.45, 2.75) is 45.0 Å². The number of rotatable bonds is 6. The first kappa shape index (κ1) is 26.5.